The van der Waals surface area contributed by atoms with Crippen molar-refractivity contribution in [2.45, 2.75) is 57.7 Å². The molecule has 0 aromatic heterocycles. The van der Waals surface area contributed by atoms with Crippen molar-refractivity contribution in [3.8, 4) is 0 Å². The average Bonchev–Trinajstić information content (AvgIpc) is 2.12. The molecule has 2 N–H and O–H groups in total. The van der Waals surface area contributed by atoms with Crippen LogP contribution in [-0.4, -0.2) is 34.3 Å². The molecule has 0 amide bonds. The molecule has 0 radical (unpaired) electrons. The van der Waals surface area contributed by atoms with Crippen LogP contribution in [0.3, 0.4) is 0 Å². The van der Waals surface area contributed by atoms with E-state index in [4.69, 9.17) is 0 Å². The fourth-order valence-corrected chi connectivity index (χ4v) is 2.39. The molecule has 0 aromatic rings. The van der Waals surface area contributed by atoms with Gasteiger partial charge in [0, 0.05) is 10.3 Å². The lowest BCUT2D eigenvalue weighted by Crippen LogP contribution is -2.45. The van der Waals surface area contributed by atoms with Gasteiger partial charge in [0.1, 0.15) is 0 Å². The standard InChI is InChI=1S/C12H27NOS/c1-6-13-12(5,10-14)8-7-9-15-11(2,3)4/h13-14H,6-10H2,1-5H3. The molecule has 15 heavy (non-hydrogen) atoms. The fourth-order valence-electron chi connectivity index (χ4n) is 1.49. The lowest BCUT2D eigenvalue weighted by molar-refractivity contribution is 0.167. The van der Waals surface area contributed by atoms with Gasteiger partial charge in [-0.25, -0.2) is 0 Å². The van der Waals surface area contributed by atoms with Gasteiger partial charge in [-0.1, -0.05) is 27.7 Å². The van der Waals surface area contributed by atoms with E-state index in [1.54, 1.807) is 0 Å². The lowest BCUT2D eigenvalue weighted by atomic mass is 9.97. The van der Waals surface area contributed by atoms with Crippen molar-refractivity contribution in [3.63, 3.8) is 0 Å². The van der Waals surface area contributed by atoms with E-state index < -0.39 is 0 Å². The summed E-state index contributed by atoms with van der Waals surface area (Å²) in [6.45, 7) is 12.0. The summed E-state index contributed by atoms with van der Waals surface area (Å²) in [6, 6.07) is 0. The zero-order chi connectivity index (χ0) is 11.9. The predicted molar refractivity (Wildman–Crippen MR) is 70.6 cm³/mol. The van der Waals surface area contributed by atoms with E-state index >= 15 is 0 Å². The van der Waals surface area contributed by atoms with Crippen LogP contribution >= 0.6 is 11.8 Å². The maximum atomic E-state index is 9.31. The Kier molecular flexibility index (Phi) is 6.89. The second-order valence-electron chi connectivity index (χ2n) is 5.31. The molecule has 0 aliphatic rings. The Balaban J connectivity index is 3.73. The summed E-state index contributed by atoms with van der Waals surface area (Å²) in [6.07, 6.45) is 2.20. The molecule has 1 atom stereocenters. The summed E-state index contributed by atoms with van der Waals surface area (Å²) in [7, 11) is 0. The first kappa shape index (κ1) is 15.3. The van der Waals surface area contributed by atoms with Crippen molar-refractivity contribution in [2.75, 3.05) is 18.9 Å². The molecule has 1 unspecified atom stereocenters. The van der Waals surface area contributed by atoms with Crippen LogP contribution < -0.4 is 5.32 Å². The minimum absolute atomic E-state index is 0.0901. The number of aliphatic hydroxyl groups is 1. The van der Waals surface area contributed by atoms with Crippen molar-refractivity contribution in [2.24, 2.45) is 0 Å². The van der Waals surface area contributed by atoms with Gasteiger partial charge in [-0.3, -0.25) is 0 Å². The summed E-state index contributed by atoms with van der Waals surface area (Å²) in [5, 5.41) is 12.7. The first-order valence-corrected chi connectivity index (χ1v) is 6.81. The molecular weight excluding hydrogens is 206 g/mol. The number of aliphatic hydroxyl groups excluding tert-OH is 1. The molecule has 0 heterocycles. The Bertz CT molecular complexity index is 167. The molecule has 3 heteroatoms. The maximum absolute atomic E-state index is 9.31. The van der Waals surface area contributed by atoms with Crippen molar-refractivity contribution in [3.05, 3.63) is 0 Å². The molecule has 0 aliphatic carbocycles. The Labute approximate surface area is 99.2 Å². The van der Waals surface area contributed by atoms with Crippen molar-refractivity contribution >= 4 is 11.8 Å². The molecule has 0 aliphatic heterocycles. The summed E-state index contributed by atoms with van der Waals surface area (Å²) >= 11 is 1.99. The van der Waals surface area contributed by atoms with Crippen molar-refractivity contribution < 1.29 is 5.11 Å². The molecule has 0 saturated carbocycles. The van der Waals surface area contributed by atoms with E-state index in [0.29, 0.717) is 4.75 Å². The van der Waals surface area contributed by atoms with Gasteiger partial charge < -0.3 is 10.4 Å². The highest BCUT2D eigenvalue weighted by atomic mass is 32.2. The fraction of sp³-hybridized carbons (Fsp3) is 1.00. The molecule has 0 rings (SSSR count). The average molecular weight is 233 g/mol. The van der Waals surface area contributed by atoms with E-state index in [0.717, 1.165) is 19.4 Å². The molecule has 2 nitrogen and oxygen atoms in total. The second-order valence-corrected chi connectivity index (χ2v) is 7.24. The molecular formula is C12H27NOS. The lowest BCUT2D eigenvalue weighted by Gasteiger charge is -2.28. The summed E-state index contributed by atoms with van der Waals surface area (Å²) in [5.74, 6) is 1.17. The minimum atomic E-state index is -0.0901. The van der Waals surface area contributed by atoms with Crippen LogP contribution in [0.1, 0.15) is 47.5 Å². The first-order chi connectivity index (χ1) is 6.83. The van der Waals surface area contributed by atoms with Crippen LogP contribution in [-0.2, 0) is 0 Å². The zero-order valence-electron chi connectivity index (χ0n) is 10.9. The number of likely N-dealkylation sites (N-methyl/N-ethyl adjacent to an activating group) is 1. The van der Waals surface area contributed by atoms with Crippen LogP contribution in [0.15, 0.2) is 0 Å². The second kappa shape index (κ2) is 6.77. The molecule has 0 aromatic carbocycles. The van der Waals surface area contributed by atoms with Gasteiger partial charge in [0.2, 0.25) is 0 Å². The SMILES string of the molecule is CCNC(C)(CO)CCCSC(C)(C)C. The number of nitrogens with one attached hydrogen (secondary N) is 1. The quantitative estimate of drug-likeness (QED) is 0.663. The number of thioether (sulfide) groups is 1. The van der Waals surface area contributed by atoms with E-state index in [1.165, 1.54) is 5.75 Å². The third-order valence-corrected chi connectivity index (χ3v) is 3.72. The van der Waals surface area contributed by atoms with Gasteiger partial charge in [-0.15, -0.1) is 0 Å². The van der Waals surface area contributed by atoms with Gasteiger partial charge in [-0.05, 0) is 32.1 Å². The molecule has 0 fully saturated rings. The molecule has 0 saturated heterocycles. The monoisotopic (exact) mass is 233 g/mol. The van der Waals surface area contributed by atoms with Gasteiger partial charge in [0.05, 0.1) is 6.61 Å². The van der Waals surface area contributed by atoms with Crippen molar-refractivity contribution in [1.29, 1.82) is 0 Å². The van der Waals surface area contributed by atoms with E-state index in [9.17, 15) is 5.11 Å². The third-order valence-electron chi connectivity index (χ3n) is 2.36. The van der Waals surface area contributed by atoms with E-state index in [-0.39, 0.29) is 12.1 Å². The Morgan fingerprint density at radius 2 is 1.80 bits per heavy atom. The van der Waals surface area contributed by atoms with Crippen LogP contribution in [0.25, 0.3) is 0 Å². The Morgan fingerprint density at radius 1 is 1.20 bits per heavy atom. The van der Waals surface area contributed by atoms with E-state index in [1.807, 2.05) is 11.8 Å². The summed E-state index contributed by atoms with van der Waals surface area (Å²) in [5.41, 5.74) is -0.0901. The molecule has 92 valence electrons. The van der Waals surface area contributed by atoms with Gasteiger partial charge in [0.25, 0.3) is 0 Å². The minimum Gasteiger partial charge on any atom is -0.394 e. The summed E-state index contributed by atoms with van der Waals surface area (Å²) < 4.78 is 0.355. The topological polar surface area (TPSA) is 32.3 Å². The van der Waals surface area contributed by atoms with Crippen LogP contribution in [0, 0.1) is 0 Å². The molecule has 0 spiro atoms. The highest BCUT2D eigenvalue weighted by molar-refractivity contribution is 8.00. The van der Waals surface area contributed by atoms with E-state index in [2.05, 4.69) is 39.9 Å². The third kappa shape index (κ3) is 8.12. The molecule has 0 bridgehead atoms. The maximum Gasteiger partial charge on any atom is 0.0610 e. The van der Waals surface area contributed by atoms with Gasteiger partial charge >= 0.3 is 0 Å². The number of hydrogen-bond acceptors (Lipinski definition) is 3. The highest BCUT2D eigenvalue weighted by Crippen LogP contribution is 2.25. The van der Waals surface area contributed by atoms with Gasteiger partial charge in [-0.2, -0.15) is 11.8 Å². The number of hydrogen-bond donors (Lipinski definition) is 2. The van der Waals surface area contributed by atoms with Gasteiger partial charge in [0.15, 0.2) is 0 Å². The smallest absolute Gasteiger partial charge is 0.0610 e. The normalized spacial score (nSPS) is 16.4. The largest absolute Gasteiger partial charge is 0.394 e. The predicted octanol–water partition coefficient (Wildman–Crippen LogP) is 2.66. The Morgan fingerprint density at radius 3 is 2.20 bits per heavy atom. The van der Waals surface area contributed by atoms with Crippen molar-refractivity contribution in [1.82, 2.24) is 5.32 Å². The first-order valence-electron chi connectivity index (χ1n) is 5.83. The zero-order valence-corrected chi connectivity index (χ0v) is 11.7. The van der Waals surface area contributed by atoms with Crippen LogP contribution in [0.4, 0.5) is 0 Å². The highest BCUT2D eigenvalue weighted by Gasteiger charge is 2.21. The number of rotatable bonds is 7. The van der Waals surface area contributed by atoms with Crippen LogP contribution in [0.2, 0.25) is 0 Å². The summed E-state index contributed by atoms with van der Waals surface area (Å²) in [4.78, 5) is 0. The van der Waals surface area contributed by atoms with Crippen LogP contribution in [0.5, 0.6) is 0 Å². The Hall–Kier alpha value is 0.270.